The van der Waals surface area contributed by atoms with Crippen molar-refractivity contribution in [3.05, 3.63) is 92.7 Å². The summed E-state index contributed by atoms with van der Waals surface area (Å²) < 4.78 is 5.04. The van der Waals surface area contributed by atoms with Gasteiger partial charge in [0.15, 0.2) is 5.82 Å². The maximum Gasteiger partial charge on any atom is 0.438 e. The molecule has 1 aromatic heterocycles. The molecule has 216 valence electrons. The number of primary amides is 1. The number of carbonyl (C=O) groups excluding carboxylic acids is 2. The number of fused-ring (bicyclic) bond motifs is 3. The van der Waals surface area contributed by atoms with Gasteiger partial charge in [0.25, 0.3) is 0 Å². The summed E-state index contributed by atoms with van der Waals surface area (Å²) in [5.74, 6) is -0.578. The number of nitrogens with one attached hydrogen (secondary N) is 2. The molecule has 0 bridgehead atoms. The van der Waals surface area contributed by atoms with E-state index >= 15 is 0 Å². The lowest BCUT2D eigenvalue weighted by atomic mass is 9.67. The second-order valence-electron chi connectivity index (χ2n) is 11.7. The molecule has 2 amide bonds. The molecule has 6 N–H and O–H groups in total. The van der Waals surface area contributed by atoms with Gasteiger partial charge in [-0.2, -0.15) is 5.26 Å². The Balaban J connectivity index is 1.43. The molecule has 5 atom stereocenters. The van der Waals surface area contributed by atoms with Crippen molar-refractivity contribution in [2.75, 3.05) is 6.54 Å². The normalized spacial score (nSPS) is 24.5. The number of aryl methyl sites for hydroxylation is 2. The van der Waals surface area contributed by atoms with Gasteiger partial charge in [0, 0.05) is 23.3 Å². The van der Waals surface area contributed by atoms with Crippen LogP contribution in [0.4, 0.5) is 0 Å². The Bertz CT molecular complexity index is 1630. The molecule has 11 nitrogen and oxygen atoms in total. The highest BCUT2D eigenvalue weighted by atomic mass is 16.5. The van der Waals surface area contributed by atoms with Crippen LogP contribution >= 0.6 is 0 Å². The maximum absolute atomic E-state index is 13.2. The van der Waals surface area contributed by atoms with E-state index in [1.807, 2.05) is 31.2 Å². The first-order valence-corrected chi connectivity index (χ1v) is 14.1. The number of nitriles is 1. The molecule has 2 fully saturated rings. The summed E-state index contributed by atoms with van der Waals surface area (Å²) in [6.07, 6.45) is 3.31. The average Bonchev–Trinajstić information content (AvgIpc) is 3.46. The largest absolute Gasteiger partial charge is 0.438 e. The molecule has 11 heteroatoms. The van der Waals surface area contributed by atoms with Gasteiger partial charge in [-0.25, -0.2) is 4.79 Å². The molecule has 3 aromatic rings. The number of nitrogens with zero attached hydrogens (tertiary/aromatic N) is 3. The highest BCUT2D eigenvalue weighted by Gasteiger charge is 2.54. The second-order valence-corrected chi connectivity index (χ2v) is 11.7. The minimum absolute atomic E-state index is 0.0697. The molecular formula is C31H33N7O4. The molecule has 1 saturated heterocycles. The van der Waals surface area contributed by atoms with E-state index in [-0.39, 0.29) is 30.6 Å². The number of aromatic nitrogens is 2. The smallest absolute Gasteiger partial charge is 0.399 e. The summed E-state index contributed by atoms with van der Waals surface area (Å²) in [6.45, 7) is 5.93. The molecule has 2 aliphatic carbocycles. The SMILES string of the molecule is C=C(N)c1ccc2c(c1)CCc1cc(C(N)=O)ccc1C2(C[C@@H](C)NCC(=O)N1C(C#N)C[C@@H]2CC21)c1noc(=O)[nH]1. The molecule has 42 heavy (non-hydrogen) atoms. The Kier molecular flexibility index (Phi) is 6.74. The Labute approximate surface area is 242 Å². The van der Waals surface area contributed by atoms with Crippen LogP contribution in [0, 0.1) is 17.2 Å². The standard InChI is InChI=1S/C31H33N7O4/c1-16(35-15-27(39)38-23(14-32)11-22-12-26(22)38)13-31(29-36-30(41)42-37-29)24-7-5-18(17(2)33)9-19(24)3-4-20-10-21(28(34)40)6-8-25(20)31/h5-10,16,22-23,26,35H,2-4,11-13,15,33H2,1H3,(H2,34,40)(H,36,37,41)/t16-,22-,23?,26?,31?/m1/s1. The third-order valence-electron chi connectivity index (χ3n) is 9.05. The van der Waals surface area contributed by atoms with E-state index in [2.05, 4.69) is 28.1 Å². The lowest BCUT2D eigenvalue weighted by molar-refractivity contribution is -0.131. The summed E-state index contributed by atoms with van der Waals surface area (Å²) in [7, 11) is 0. The number of hydrogen-bond donors (Lipinski definition) is 4. The van der Waals surface area contributed by atoms with Gasteiger partial charge in [-0.3, -0.25) is 19.1 Å². The van der Waals surface area contributed by atoms with Gasteiger partial charge in [0.2, 0.25) is 11.8 Å². The van der Waals surface area contributed by atoms with Gasteiger partial charge in [0.1, 0.15) is 6.04 Å². The zero-order valence-electron chi connectivity index (χ0n) is 23.4. The number of aromatic amines is 1. The number of benzene rings is 2. The van der Waals surface area contributed by atoms with Crippen molar-refractivity contribution >= 4 is 17.5 Å². The van der Waals surface area contributed by atoms with Crippen molar-refractivity contribution in [3.63, 3.8) is 0 Å². The van der Waals surface area contributed by atoms with Gasteiger partial charge in [0.05, 0.1) is 18.0 Å². The van der Waals surface area contributed by atoms with E-state index in [9.17, 15) is 19.6 Å². The van der Waals surface area contributed by atoms with Crippen LogP contribution < -0.4 is 22.5 Å². The Morgan fingerprint density at radius 1 is 1.19 bits per heavy atom. The van der Waals surface area contributed by atoms with E-state index in [4.69, 9.17) is 16.0 Å². The van der Waals surface area contributed by atoms with Crippen molar-refractivity contribution in [2.45, 2.75) is 62.6 Å². The number of nitrogens with two attached hydrogens (primary N) is 2. The first kappa shape index (κ1) is 27.5. The Morgan fingerprint density at radius 3 is 2.45 bits per heavy atom. The summed E-state index contributed by atoms with van der Waals surface area (Å²) >= 11 is 0. The average molecular weight is 568 g/mol. The quantitative estimate of drug-likeness (QED) is 0.317. The summed E-state index contributed by atoms with van der Waals surface area (Å²) in [6, 6.07) is 13.0. The fourth-order valence-electron chi connectivity index (χ4n) is 7.00. The van der Waals surface area contributed by atoms with Gasteiger partial charge in [-0.05, 0) is 91.0 Å². The first-order chi connectivity index (χ1) is 20.1. The summed E-state index contributed by atoms with van der Waals surface area (Å²) in [5.41, 5.74) is 15.9. The molecule has 2 heterocycles. The van der Waals surface area contributed by atoms with Crippen LogP contribution in [-0.2, 0) is 23.1 Å². The van der Waals surface area contributed by atoms with Gasteiger partial charge < -0.3 is 21.7 Å². The van der Waals surface area contributed by atoms with E-state index in [0.717, 1.165) is 40.7 Å². The van der Waals surface area contributed by atoms with Crippen molar-refractivity contribution in [2.24, 2.45) is 17.4 Å². The highest BCUT2D eigenvalue weighted by molar-refractivity contribution is 5.93. The predicted octanol–water partition coefficient (Wildman–Crippen LogP) is 1.71. The second kappa shape index (κ2) is 10.3. The number of likely N-dealkylation sites (tertiary alicyclic amines) is 1. The van der Waals surface area contributed by atoms with Crippen LogP contribution in [0.25, 0.3) is 5.70 Å². The molecular weight excluding hydrogens is 534 g/mol. The fraction of sp³-hybridized carbons (Fsp3) is 0.387. The first-order valence-electron chi connectivity index (χ1n) is 14.1. The van der Waals surface area contributed by atoms with Gasteiger partial charge in [-0.15, -0.1) is 0 Å². The van der Waals surface area contributed by atoms with E-state index in [1.165, 1.54) is 0 Å². The molecule has 1 saturated carbocycles. The van der Waals surface area contributed by atoms with E-state index < -0.39 is 17.1 Å². The van der Waals surface area contributed by atoms with Crippen LogP contribution in [0.5, 0.6) is 0 Å². The maximum atomic E-state index is 13.2. The molecule has 0 radical (unpaired) electrons. The molecule has 0 spiro atoms. The monoisotopic (exact) mass is 567 g/mol. The number of amides is 2. The number of piperidine rings is 1. The molecule has 1 aliphatic heterocycles. The summed E-state index contributed by atoms with van der Waals surface area (Å²) in [5, 5.41) is 17.1. The fourth-order valence-corrected chi connectivity index (χ4v) is 7.00. The third-order valence-corrected chi connectivity index (χ3v) is 9.05. The third kappa shape index (κ3) is 4.58. The lowest BCUT2D eigenvalue weighted by Crippen LogP contribution is -2.46. The minimum atomic E-state index is -1.02. The van der Waals surface area contributed by atoms with Crippen LogP contribution in [0.3, 0.4) is 0 Å². The zero-order chi connectivity index (χ0) is 29.8. The number of hydrogen-bond acceptors (Lipinski definition) is 8. The number of rotatable bonds is 8. The van der Waals surface area contributed by atoms with Crippen LogP contribution in [0.2, 0.25) is 0 Å². The van der Waals surface area contributed by atoms with Crippen LogP contribution in [0.15, 0.2) is 52.3 Å². The number of H-pyrrole nitrogens is 1. The molecule has 2 aromatic carbocycles. The Hall–Kier alpha value is -4.69. The molecule has 3 aliphatic rings. The van der Waals surface area contributed by atoms with Crippen LogP contribution in [0.1, 0.15) is 70.2 Å². The van der Waals surface area contributed by atoms with Crippen molar-refractivity contribution < 1.29 is 14.1 Å². The molecule has 6 rings (SSSR count). The van der Waals surface area contributed by atoms with Gasteiger partial charge in [-0.1, -0.05) is 29.9 Å². The lowest BCUT2D eigenvalue weighted by Gasteiger charge is -2.37. The van der Waals surface area contributed by atoms with E-state index in [0.29, 0.717) is 42.3 Å². The van der Waals surface area contributed by atoms with Crippen LogP contribution in [-0.4, -0.2) is 51.5 Å². The topological polar surface area (TPSA) is 184 Å². The summed E-state index contributed by atoms with van der Waals surface area (Å²) in [4.78, 5) is 42.2. The molecule has 3 unspecified atom stereocenters. The minimum Gasteiger partial charge on any atom is -0.399 e. The van der Waals surface area contributed by atoms with Crippen molar-refractivity contribution in [1.82, 2.24) is 20.4 Å². The number of carbonyl (C=O) groups is 2. The van der Waals surface area contributed by atoms with E-state index in [1.54, 1.807) is 17.0 Å². The highest BCUT2D eigenvalue weighted by Crippen LogP contribution is 2.48. The van der Waals surface area contributed by atoms with Crippen molar-refractivity contribution in [1.29, 1.82) is 5.26 Å². The Morgan fingerprint density at radius 2 is 1.86 bits per heavy atom. The predicted molar refractivity (Wildman–Crippen MR) is 154 cm³/mol. The zero-order valence-corrected chi connectivity index (χ0v) is 23.4. The van der Waals surface area contributed by atoms with Crippen molar-refractivity contribution in [3.8, 4) is 6.07 Å². The van der Waals surface area contributed by atoms with Gasteiger partial charge >= 0.3 is 5.76 Å².